The molecule has 2 aromatic rings. The molecule has 0 bridgehead atoms. The molecular weight excluding hydrogens is 260 g/mol. The van der Waals surface area contributed by atoms with Crippen LogP contribution in [0.2, 0.25) is 0 Å². The van der Waals surface area contributed by atoms with Crippen LogP contribution in [0.3, 0.4) is 0 Å². The second-order valence-corrected chi connectivity index (χ2v) is 6.21. The Hall–Kier alpha value is -2.16. The number of aromatic nitrogens is 1. The van der Waals surface area contributed by atoms with Gasteiger partial charge in [0.25, 0.3) is 0 Å². The van der Waals surface area contributed by atoms with Crippen LogP contribution in [-0.4, -0.2) is 10.9 Å². The first-order valence-electron chi connectivity index (χ1n) is 7.50. The lowest BCUT2D eigenvalue weighted by Crippen LogP contribution is -2.26. The molecule has 1 fully saturated rings. The molecule has 3 atom stereocenters. The zero-order valence-electron chi connectivity index (χ0n) is 12.0. The van der Waals surface area contributed by atoms with Gasteiger partial charge in [-0.3, -0.25) is 9.78 Å². The van der Waals surface area contributed by atoms with E-state index in [1.807, 2.05) is 19.3 Å². The van der Waals surface area contributed by atoms with Crippen molar-refractivity contribution < 1.29 is 4.79 Å². The lowest BCUT2D eigenvalue weighted by atomic mass is 10.0. The molecule has 106 valence electrons. The molecule has 3 heteroatoms. The van der Waals surface area contributed by atoms with E-state index in [1.54, 1.807) is 0 Å². The number of carbonyl (C=O) groups is 1. The Bertz CT molecular complexity index is 710. The van der Waals surface area contributed by atoms with Crippen LogP contribution in [0.4, 0.5) is 0 Å². The average Bonchev–Trinajstić information content (AvgIpc) is 3.07. The normalized spacial score (nSPS) is 25.1. The molecule has 4 rings (SSSR count). The number of carbonyl (C=O) groups excluding carboxylic acids is 1. The van der Waals surface area contributed by atoms with Gasteiger partial charge in [-0.2, -0.15) is 0 Å². The van der Waals surface area contributed by atoms with Crippen LogP contribution >= 0.6 is 0 Å². The van der Waals surface area contributed by atoms with Gasteiger partial charge in [0.2, 0.25) is 5.91 Å². The van der Waals surface area contributed by atoms with E-state index in [9.17, 15) is 4.79 Å². The van der Waals surface area contributed by atoms with Crippen LogP contribution in [0.5, 0.6) is 0 Å². The first-order chi connectivity index (χ1) is 10.2. The molecule has 1 aromatic carbocycles. The highest BCUT2D eigenvalue weighted by Gasteiger charge is 2.58. The average molecular weight is 278 g/mol. The second-order valence-electron chi connectivity index (χ2n) is 6.21. The fourth-order valence-electron chi connectivity index (χ4n) is 3.73. The van der Waals surface area contributed by atoms with Crippen molar-refractivity contribution in [1.29, 1.82) is 0 Å². The SMILES string of the molecule is Cc1cncc(CNC(=O)C2C3Cc4ccccc4C32)c1. The van der Waals surface area contributed by atoms with E-state index in [2.05, 4.69) is 40.6 Å². The van der Waals surface area contributed by atoms with E-state index in [-0.39, 0.29) is 11.8 Å². The van der Waals surface area contributed by atoms with Gasteiger partial charge in [-0.25, -0.2) is 0 Å². The molecule has 1 N–H and O–H groups in total. The number of hydrogen-bond acceptors (Lipinski definition) is 2. The van der Waals surface area contributed by atoms with Gasteiger partial charge >= 0.3 is 0 Å². The number of nitrogens with zero attached hydrogens (tertiary/aromatic N) is 1. The van der Waals surface area contributed by atoms with Gasteiger partial charge in [-0.1, -0.05) is 30.3 Å². The molecule has 21 heavy (non-hydrogen) atoms. The highest BCUT2D eigenvalue weighted by atomic mass is 16.2. The monoisotopic (exact) mass is 278 g/mol. The Labute approximate surface area is 124 Å². The number of nitrogens with one attached hydrogen (secondary N) is 1. The third-order valence-electron chi connectivity index (χ3n) is 4.74. The summed E-state index contributed by atoms with van der Waals surface area (Å²) in [5.41, 5.74) is 5.01. The van der Waals surface area contributed by atoms with Gasteiger partial charge in [0.1, 0.15) is 0 Å². The molecule has 0 radical (unpaired) electrons. The molecule has 2 aliphatic rings. The van der Waals surface area contributed by atoms with Crippen molar-refractivity contribution in [3.05, 3.63) is 65.0 Å². The molecule has 3 nitrogen and oxygen atoms in total. The highest BCUT2D eigenvalue weighted by molar-refractivity contribution is 5.84. The first-order valence-corrected chi connectivity index (χ1v) is 7.50. The van der Waals surface area contributed by atoms with Gasteiger partial charge in [0.05, 0.1) is 0 Å². The highest BCUT2D eigenvalue weighted by Crippen LogP contribution is 2.61. The van der Waals surface area contributed by atoms with Gasteiger partial charge in [0.15, 0.2) is 0 Å². The van der Waals surface area contributed by atoms with Crippen molar-refractivity contribution >= 4 is 5.91 Å². The van der Waals surface area contributed by atoms with Crippen LogP contribution in [-0.2, 0) is 17.8 Å². The Balaban J connectivity index is 1.40. The van der Waals surface area contributed by atoms with E-state index in [0.717, 1.165) is 17.5 Å². The number of hydrogen-bond donors (Lipinski definition) is 1. The Kier molecular flexibility index (Phi) is 2.81. The second kappa shape index (κ2) is 4.69. The maximum absolute atomic E-state index is 12.4. The van der Waals surface area contributed by atoms with E-state index < -0.39 is 0 Å². The van der Waals surface area contributed by atoms with Crippen molar-refractivity contribution in [3.8, 4) is 0 Å². The molecule has 0 spiro atoms. The van der Waals surface area contributed by atoms with Crippen molar-refractivity contribution in [2.45, 2.75) is 25.8 Å². The third-order valence-corrected chi connectivity index (χ3v) is 4.74. The number of fused-ring (bicyclic) bond motifs is 3. The zero-order valence-corrected chi connectivity index (χ0v) is 12.0. The summed E-state index contributed by atoms with van der Waals surface area (Å²) in [6.45, 7) is 2.59. The maximum Gasteiger partial charge on any atom is 0.224 e. The smallest absolute Gasteiger partial charge is 0.224 e. The van der Waals surface area contributed by atoms with E-state index in [0.29, 0.717) is 18.4 Å². The fraction of sp³-hybridized carbons (Fsp3) is 0.333. The summed E-state index contributed by atoms with van der Waals surface area (Å²) in [5.74, 6) is 1.36. The Morgan fingerprint density at radius 3 is 3.05 bits per heavy atom. The van der Waals surface area contributed by atoms with Crippen molar-refractivity contribution in [1.82, 2.24) is 10.3 Å². The maximum atomic E-state index is 12.4. The molecule has 2 aliphatic carbocycles. The van der Waals surface area contributed by atoms with Crippen molar-refractivity contribution in [3.63, 3.8) is 0 Å². The molecule has 1 amide bonds. The first kappa shape index (κ1) is 12.6. The van der Waals surface area contributed by atoms with Gasteiger partial charge in [0, 0.05) is 24.9 Å². The number of benzene rings is 1. The Morgan fingerprint density at radius 1 is 1.33 bits per heavy atom. The summed E-state index contributed by atoms with van der Waals surface area (Å²) in [6.07, 6.45) is 4.70. The largest absolute Gasteiger partial charge is 0.352 e. The van der Waals surface area contributed by atoms with Crippen LogP contribution in [0.25, 0.3) is 0 Å². The standard InChI is InChI=1S/C18H18N2O/c1-11-6-12(9-19-8-11)10-20-18(21)17-15-7-13-4-2-3-5-14(13)16(15)17/h2-6,8-9,15-17H,7,10H2,1H3,(H,20,21). The van der Waals surface area contributed by atoms with Crippen molar-refractivity contribution in [2.24, 2.45) is 11.8 Å². The Morgan fingerprint density at radius 2 is 2.19 bits per heavy atom. The number of amides is 1. The predicted molar refractivity (Wildman–Crippen MR) is 80.7 cm³/mol. The van der Waals surface area contributed by atoms with Crippen LogP contribution in [0.1, 0.15) is 28.2 Å². The predicted octanol–water partition coefficient (Wildman–Crippen LogP) is 2.59. The summed E-state index contributed by atoms with van der Waals surface area (Å²) < 4.78 is 0. The molecule has 0 aliphatic heterocycles. The van der Waals surface area contributed by atoms with Crippen LogP contribution in [0, 0.1) is 18.8 Å². The fourth-order valence-corrected chi connectivity index (χ4v) is 3.73. The molecule has 1 saturated carbocycles. The molecular formula is C18H18N2O. The van der Waals surface area contributed by atoms with Gasteiger partial charge in [-0.15, -0.1) is 0 Å². The minimum atomic E-state index is 0.178. The molecule has 1 heterocycles. The van der Waals surface area contributed by atoms with Gasteiger partial charge in [-0.05, 0) is 47.4 Å². The molecule has 3 unspecified atom stereocenters. The van der Waals surface area contributed by atoms with E-state index in [1.165, 1.54) is 11.1 Å². The lowest BCUT2D eigenvalue weighted by molar-refractivity contribution is -0.122. The number of rotatable bonds is 3. The summed E-state index contributed by atoms with van der Waals surface area (Å²) in [7, 11) is 0. The minimum absolute atomic E-state index is 0.178. The number of pyridine rings is 1. The third kappa shape index (κ3) is 2.13. The summed E-state index contributed by atoms with van der Waals surface area (Å²) in [5, 5.41) is 3.07. The van der Waals surface area contributed by atoms with Crippen molar-refractivity contribution in [2.75, 3.05) is 0 Å². The number of aryl methyl sites for hydroxylation is 1. The summed E-state index contributed by atoms with van der Waals surface area (Å²) in [6, 6.07) is 10.6. The van der Waals surface area contributed by atoms with Crippen LogP contribution in [0.15, 0.2) is 42.7 Å². The topological polar surface area (TPSA) is 42.0 Å². The summed E-state index contributed by atoms with van der Waals surface area (Å²) >= 11 is 0. The quantitative estimate of drug-likeness (QED) is 0.937. The van der Waals surface area contributed by atoms with E-state index >= 15 is 0 Å². The molecule has 0 saturated heterocycles. The van der Waals surface area contributed by atoms with E-state index in [4.69, 9.17) is 0 Å². The van der Waals surface area contributed by atoms with Crippen LogP contribution < -0.4 is 5.32 Å². The zero-order chi connectivity index (χ0) is 14.4. The lowest BCUT2D eigenvalue weighted by Gasteiger charge is -2.09. The molecule has 1 aromatic heterocycles. The summed E-state index contributed by atoms with van der Waals surface area (Å²) in [4.78, 5) is 16.5. The van der Waals surface area contributed by atoms with Gasteiger partial charge < -0.3 is 5.32 Å². The minimum Gasteiger partial charge on any atom is -0.352 e.